The number of hydrogen-bond acceptors (Lipinski definition) is 7. The van der Waals surface area contributed by atoms with Gasteiger partial charge in [0.2, 0.25) is 17.2 Å². The van der Waals surface area contributed by atoms with Crippen LogP contribution in [0.15, 0.2) is 39.5 Å². The highest BCUT2D eigenvalue weighted by Crippen LogP contribution is 2.49. The molecule has 0 unspecified atom stereocenters. The maximum atomic E-state index is 12.5. The van der Waals surface area contributed by atoms with Crippen molar-refractivity contribution >= 4 is 11.0 Å². The van der Waals surface area contributed by atoms with Crippen LogP contribution in [0.25, 0.3) is 22.3 Å². The second-order valence-electron chi connectivity index (χ2n) is 4.99. The molecule has 1 aromatic heterocycles. The summed E-state index contributed by atoms with van der Waals surface area (Å²) in [5.74, 6) is -1.30. The van der Waals surface area contributed by atoms with Crippen LogP contribution in [0.4, 0.5) is 0 Å². The minimum Gasteiger partial charge on any atom is -0.508 e. The van der Waals surface area contributed by atoms with E-state index in [1.165, 1.54) is 32.4 Å². The van der Waals surface area contributed by atoms with Crippen molar-refractivity contribution in [1.29, 1.82) is 0 Å². The van der Waals surface area contributed by atoms with Crippen LogP contribution in [-0.4, -0.2) is 29.5 Å². The lowest BCUT2D eigenvalue weighted by molar-refractivity contribution is 0.329. The molecular weight excluding hydrogens is 316 g/mol. The molecule has 0 amide bonds. The number of methoxy groups -OCH3 is 2. The summed E-state index contributed by atoms with van der Waals surface area (Å²) in [5, 5.41) is 29.3. The molecule has 3 N–H and O–H groups in total. The van der Waals surface area contributed by atoms with Gasteiger partial charge in [-0.25, -0.2) is 0 Å². The minimum atomic E-state index is -0.605. The number of aromatic hydroxyl groups is 3. The average Bonchev–Trinajstić information content (AvgIpc) is 2.57. The molecule has 0 saturated carbocycles. The van der Waals surface area contributed by atoms with Gasteiger partial charge in [0.25, 0.3) is 0 Å². The molecule has 3 rings (SSSR count). The highest BCUT2D eigenvalue weighted by atomic mass is 16.5. The molecule has 0 atom stereocenters. The predicted molar refractivity (Wildman–Crippen MR) is 86.0 cm³/mol. The number of rotatable bonds is 3. The molecule has 0 bridgehead atoms. The molecule has 2 aromatic carbocycles. The summed E-state index contributed by atoms with van der Waals surface area (Å²) in [6.07, 6.45) is 0. The van der Waals surface area contributed by atoms with E-state index in [9.17, 15) is 20.1 Å². The quantitative estimate of drug-likeness (QED) is 0.633. The first-order valence-electron chi connectivity index (χ1n) is 6.91. The molecule has 0 radical (unpaired) electrons. The lowest BCUT2D eigenvalue weighted by Gasteiger charge is -2.13. The highest BCUT2D eigenvalue weighted by molar-refractivity contribution is 5.95. The van der Waals surface area contributed by atoms with E-state index in [-0.39, 0.29) is 34.0 Å². The number of phenols is 3. The van der Waals surface area contributed by atoms with E-state index < -0.39 is 16.9 Å². The highest BCUT2D eigenvalue weighted by Gasteiger charge is 2.25. The third kappa shape index (κ3) is 2.26. The monoisotopic (exact) mass is 330 g/mol. The van der Waals surface area contributed by atoms with Gasteiger partial charge in [-0.15, -0.1) is 0 Å². The van der Waals surface area contributed by atoms with Gasteiger partial charge in [0.05, 0.1) is 14.2 Å². The summed E-state index contributed by atoms with van der Waals surface area (Å²) in [6.45, 7) is 0. The molecule has 7 nitrogen and oxygen atoms in total. The smallest absolute Gasteiger partial charge is 0.208 e. The van der Waals surface area contributed by atoms with E-state index >= 15 is 0 Å². The van der Waals surface area contributed by atoms with Gasteiger partial charge in [-0.05, 0) is 24.3 Å². The zero-order valence-corrected chi connectivity index (χ0v) is 12.9. The first-order valence-corrected chi connectivity index (χ1v) is 6.91. The number of fused-ring (bicyclic) bond motifs is 1. The van der Waals surface area contributed by atoms with Crippen LogP contribution < -0.4 is 14.9 Å². The Hall–Kier alpha value is -3.35. The van der Waals surface area contributed by atoms with Gasteiger partial charge < -0.3 is 29.2 Å². The number of benzene rings is 2. The first kappa shape index (κ1) is 15.5. The molecule has 3 aromatic rings. The van der Waals surface area contributed by atoms with Crippen LogP contribution in [-0.2, 0) is 0 Å². The Bertz CT molecular complexity index is 971. The zero-order valence-electron chi connectivity index (χ0n) is 12.9. The lowest BCUT2D eigenvalue weighted by Crippen LogP contribution is -2.04. The van der Waals surface area contributed by atoms with Gasteiger partial charge in [-0.3, -0.25) is 4.79 Å². The van der Waals surface area contributed by atoms with Crippen molar-refractivity contribution in [2.75, 3.05) is 14.2 Å². The van der Waals surface area contributed by atoms with Gasteiger partial charge >= 0.3 is 0 Å². The third-order valence-electron chi connectivity index (χ3n) is 3.60. The topological polar surface area (TPSA) is 109 Å². The van der Waals surface area contributed by atoms with Gasteiger partial charge in [0.1, 0.15) is 16.9 Å². The van der Waals surface area contributed by atoms with Crippen LogP contribution in [0.1, 0.15) is 0 Å². The van der Waals surface area contributed by atoms with Gasteiger partial charge in [0, 0.05) is 11.6 Å². The third-order valence-corrected chi connectivity index (χ3v) is 3.60. The van der Waals surface area contributed by atoms with E-state index in [0.29, 0.717) is 5.56 Å². The Morgan fingerprint density at radius 3 is 2.08 bits per heavy atom. The Labute approximate surface area is 135 Å². The summed E-state index contributed by atoms with van der Waals surface area (Å²) >= 11 is 0. The van der Waals surface area contributed by atoms with Crippen molar-refractivity contribution in [3.8, 4) is 40.1 Å². The van der Waals surface area contributed by atoms with Crippen LogP contribution >= 0.6 is 0 Å². The van der Waals surface area contributed by atoms with Crippen molar-refractivity contribution in [2.24, 2.45) is 0 Å². The van der Waals surface area contributed by atoms with E-state index in [1.54, 1.807) is 12.1 Å². The Balaban J connectivity index is 2.41. The van der Waals surface area contributed by atoms with Gasteiger partial charge in [-0.2, -0.15) is 0 Å². The van der Waals surface area contributed by atoms with E-state index in [1.807, 2.05) is 0 Å². The minimum absolute atomic E-state index is 0.0489. The van der Waals surface area contributed by atoms with Gasteiger partial charge in [-0.1, -0.05) is 0 Å². The summed E-state index contributed by atoms with van der Waals surface area (Å²) in [6, 6.07) is 7.28. The molecule has 0 aliphatic heterocycles. The molecule has 0 aliphatic carbocycles. The second-order valence-corrected chi connectivity index (χ2v) is 4.99. The van der Waals surface area contributed by atoms with Crippen molar-refractivity contribution in [1.82, 2.24) is 0 Å². The number of ether oxygens (including phenoxy) is 2. The standard InChI is InChI=1S/C17H14O7/c1-22-15-12-10(19)7-11(8-3-5-9(18)6-4-8)24-16(12)17(23-2)14(21)13(15)20/h3-7,18,20-21H,1-2H3. The molecule has 0 aliphatic rings. The molecule has 0 saturated heterocycles. The van der Waals surface area contributed by atoms with Crippen molar-refractivity contribution in [3.05, 3.63) is 40.6 Å². The number of phenolic OH excluding ortho intramolecular Hbond substituents is 3. The predicted octanol–water partition coefficient (Wildman–Crippen LogP) is 2.59. The van der Waals surface area contributed by atoms with E-state index in [0.717, 1.165) is 0 Å². The molecule has 7 heteroatoms. The molecule has 0 fully saturated rings. The summed E-state index contributed by atoms with van der Waals surface area (Å²) in [4.78, 5) is 12.5. The van der Waals surface area contributed by atoms with E-state index in [4.69, 9.17) is 13.9 Å². The number of hydrogen-bond donors (Lipinski definition) is 3. The fraction of sp³-hybridized carbons (Fsp3) is 0.118. The van der Waals surface area contributed by atoms with Gasteiger partial charge in [0.15, 0.2) is 16.8 Å². The van der Waals surface area contributed by atoms with Crippen LogP contribution in [0, 0.1) is 0 Å². The van der Waals surface area contributed by atoms with Crippen LogP contribution in [0.3, 0.4) is 0 Å². The van der Waals surface area contributed by atoms with Crippen molar-refractivity contribution in [2.45, 2.75) is 0 Å². The summed E-state index contributed by atoms with van der Waals surface area (Å²) < 4.78 is 15.8. The Morgan fingerprint density at radius 2 is 1.50 bits per heavy atom. The fourth-order valence-corrected chi connectivity index (χ4v) is 2.47. The molecule has 1 heterocycles. The largest absolute Gasteiger partial charge is 0.508 e. The first-order chi connectivity index (χ1) is 11.5. The lowest BCUT2D eigenvalue weighted by atomic mass is 10.1. The fourth-order valence-electron chi connectivity index (χ4n) is 2.47. The normalized spacial score (nSPS) is 10.8. The summed E-state index contributed by atoms with van der Waals surface area (Å²) in [5.41, 5.74) is 0.00499. The van der Waals surface area contributed by atoms with Crippen LogP contribution in [0.2, 0.25) is 0 Å². The van der Waals surface area contributed by atoms with Crippen molar-refractivity contribution in [3.63, 3.8) is 0 Å². The Kier molecular flexibility index (Phi) is 3.69. The van der Waals surface area contributed by atoms with E-state index in [2.05, 4.69) is 0 Å². The van der Waals surface area contributed by atoms with Crippen molar-refractivity contribution < 1.29 is 29.2 Å². The SMILES string of the molecule is COc1c(O)c(O)c(OC)c2c(=O)cc(-c3ccc(O)cc3)oc12. The van der Waals surface area contributed by atoms with Crippen LogP contribution in [0.5, 0.6) is 28.7 Å². The molecular formula is C17H14O7. The summed E-state index contributed by atoms with van der Waals surface area (Å²) in [7, 11) is 2.53. The average molecular weight is 330 g/mol. The zero-order chi connectivity index (χ0) is 17.4. The maximum absolute atomic E-state index is 12.5. The second kappa shape index (κ2) is 5.69. The molecule has 24 heavy (non-hydrogen) atoms. The Morgan fingerprint density at radius 1 is 0.917 bits per heavy atom. The molecule has 0 spiro atoms. The maximum Gasteiger partial charge on any atom is 0.208 e. The molecule has 124 valence electrons.